The summed E-state index contributed by atoms with van der Waals surface area (Å²) in [5.74, 6) is -1.64. The van der Waals surface area contributed by atoms with Crippen LogP contribution in [-0.4, -0.2) is 135 Å². The normalized spacial score (nSPS) is 19.1. The van der Waals surface area contributed by atoms with Crippen molar-refractivity contribution in [3.05, 3.63) is 65.7 Å². The van der Waals surface area contributed by atoms with Gasteiger partial charge in [-0.15, -0.1) is 0 Å². The van der Waals surface area contributed by atoms with Crippen LogP contribution in [0.1, 0.15) is 98.1 Å². The minimum atomic E-state index is -0.916. The molecule has 0 bridgehead atoms. The molecular formula is C50H78N6O9. The Morgan fingerprint density at radius 2 is 1.49 bits per heavy atom. The lowest BCUT2D eigenvalue weighted by Gasteiger charge is -2.41. The smallest absolute Gasteiger partial charge is 0.269 e. The first-order valence-electron chi connectivity index (χ1n) is 23.7. The van der Waals surface area contributed by atoms with E-state index < -0.39 is 48.3 Å². The van der Waals surface area contributed by atoms with Gasteiger partial charge in [0.1, 0.15) is 24.4 Å². The standard InChI is InChI=1S/C50H78N6O9/c1-12-34(6)45(54(9)50(61)44(33(4)5)53-48(59)43(51-8)32(2)3)41(62-10)30-42(57)55-26-18-21-40(55)46(63-11)35(7)47(58)52-39(49(60)56-27-16-17-28-65-56)29-36-22-24-38(25-23-36)64-31-37-19-14-13-15-20-37/h13-15,19-20,22-25,32-35,39-41,43-46,51H,12,16-18,21,26-31H2,1-11H3,(H,52,58)(H,53,59)/t34-,35+,39-,40-,41+,43-,44-,45-,46+/m0/s1. The Kier molecular flexibility index (Phi) is 21.2. The molecule has 65 heavy (non-hydrogen) atoms. The number of methoxy groups -OCH3 is 2. The molecule has 0 unspecified atom stereocenters. The van der Waals surface area contributed by atoms with Crippen LogP contribution < -0.4 is 20.7 Å². The number of nitrogens with one attached hydrogen (secondary N) is 3. The number of amides is 5. The molecule has 2 aromatic rings. The predicted octanol–water partition coefficient (Wildman–Crippen LogP) is 5.15. The van der Waals surface area contributed by atoms with Crippen molar-refractivity contribution in [2.45, 2.75) is 142 Å². The second-order valence-corrected chi connectivity index (χ2v) is 18.5. The van der Waals surface area contributed by atoms with Crippen LogP contribution in [0.3, 0.4) is 0 Å². The number of rotatable bonds is 24. The number of carbonyl (C=O) groups is 5. The number of benzene rings is 2. The molecule has 0 aliphatic carbocycles. The van der Waals surface area contributed by atoms with Crippen LogP contribution in [0.25, 0.3) is 0 Å². The molecule has 0 aromatic heterocycles. The lowest BCUT2D eigenvalue weighted by Crippen LogP contribution is -2.59. The van der Waals surface area contributed by atoms with Gasteiger partial charge in [0.15, 0.2) is 0 Å². The minimum absolute atomic E-state index is 0.00693. The number of likely N-dealkylation sites (tertiary alicyclic amines) is 1. The van der Waals surface area contributed by atoms with E-state index in [-0.39, 0.29) is 60.1 Å². The third-order valence-electron chi connectivity index (χ3n) is 13.2. The predicted molar refractivity (Wildman–Crippen MR) is 250 cm³/mol. The van der Waals surface area contributed by atoms with E-state index in [1.165, 1.54) is 5.06 Å². The third kappa shape index (κ3) is 14.5. The number of ether oxygens (including phenoxy) is 3. The van der Waals surface area contributed by atoms with Crippen LogP contribution in [-0.2, 0) is 51.3 Å². The summed E-state index contributed by atoms with van der Waals surface area (Å²) < 4.78 is 18.1. The first kappa shape index (κ1) is 53.0. The molecule has 2 heterocycles. The van der Waals surface area contributed by atoms with E-state index in [0.717, 1.165) is 30.4 Å². The van der Waals surface area contributed by atoms with Crippen molar-refractivity contribution < 1.29 is 43.0 Å². The molecule has 9 atom stereocenters. The Morgan fingerprint density at radius 3 is 2.06 bits per heavy atom. The highest BCUT2D eigenvalue weighted by atomic mass is 16.7. The fraction of sp³-hybridized carbons (Fsp3) is 0.660. The van der Waals surface area contributed by atoms with Gasteiger partial charge in [-0.1, -0.05) is 97.4 Å². The monoisotopic (exact) mass is 907 g/mol. The number of carbonyl (C=O) groups excluding carboxylic acids is 5. The molecule has 15 nitrogen and oxygen atoms in total. The van der Waals surface area contributed by atoms with E-state index in [2.05, 4.69) is 16.0 Å². The van der Waals surface area contributed by atoms with E-state index in [1.807, 2.05) is 96.1 Å². The Balaban J connectivity index is 1.48. The van der Waals surface area contributed by atoms with Crippen molar-refractivity contribution in [1.82, 2.24) is 30.8 Å². The molecule has 3 N–H and O–H groups in total. The van der Waals surface area contributed by atoms with Crippen LogP contribution in [0.2, 0.25) is 0 Å². The maximum Gasteiger partial charge on any atom is 0.269 e. The fourth-order valence-corrected chi connectivity index (χ4v) is 9.20. The number of hydroxylamine groups is 2. The number of nitrogens with zero attached hydrogens (tertiary/aromatic N) is 3. The highest BCUT2D eigenvalue weighted by Crippen LogP contribution is 2.30. The van der Waals surface area contributed by atoms with Gasteiger partial charge in [-0.05, 0) is 73.7 Å². The highest BCUT2D eigenvalue weighted by molar-refractivity contribution is 5.90. The quantitative estimate of drug-likeness (QED) is 0.128. The fourth-order valence-electron chi connectivity index (χ4n) is 9.20. The van der Waals surface area contributed by atoms with E-state index in [0.29, 0.717) is 44.9 Å². The van der Waals surface area contributed by atoms with Crippen molar-refractivity contribution in [2.75, 3.05) is 48.0 Å². The molecule has 4 rings (SSSR count). The number of likely N-dealkylation sites (N-methyl/N-ethyl adjacent to an activating group) is 2. The second-order valence-electron chi connectivity index (χ2n) is 18.5. The van der Waals surface area contributed by atoms with Crippen molar-refractivity contribution in [2.24, 2.45) is 23.7 Å². The molecule has 0 radical (unpaired) electrons. The molecule has 0 saturated carbocycles. The van der Waals surface area contributed by atoms with Gasteiger partial charge in [0, 0.05) is 40.8 Å². The maximum absolute atomic E-state index is 14.4. The van der Waals surface area contributed by atoms with E-state index in [4.69, 9.17) is 19.0 Å². The molecule has 15 heteroatoms. The Hall–Kier alpha value is -4.57. The van der Waals surface area contributed by atoms with Gasteiger partial charge in [0.2, 0.25) is 23.6 Å². The Morgan fingerprint density at radius 1 is 0.815 bits per heavy atom. The molecule has 2 aromatic carbocycles. The minimum Gasteiger partial charge on any atom is -0.489 e. The summed E-state index contributed by atoms with van der Waals surface area (Å²) in [6, 6.07) is 14.3. The average molecular weight is 907 g/mol. The van der Waals surface area contributed by atoms with E-state index in [1.54, 1.807) is 45.0 Å². The van der Waals surface area contributed by atoms with Gasteiger partial charge in [-0.2, -0.15) is 0 Å². The Bertz CT molecular complexity index is 1810. The van der Waals surface area contributed by atoms with Crippen molar-refractivity contribution in [1.29, 1.82) is 0 Å². The van der Waals surface area contributed by atoms with Crippen molar-refractivity contribution in [3.63, 3.8) is 0 Å². The van der Waals surface area contributed by atoms with Gasteiger partial charge >= 0.3 is 0 Å². The largest absolute Gasteiger partial charge is 0.489 e. The second kappa shape index (κ2) is 25.9. The van der Waals surface area contributed by atoms with Gasteiger partial charge in [0.05, 0.1) is 49.3 Å². The summed E-state index contributed by atoms with van der Waals surface area (Å²) in [6.45, 7) is 15.3. The molecule has 362 valence electrons. The van der Waals surface area contributed by atoms with E-state index in [9.17, 15) is 24.0 Å². The van der Waals surface area contributed by atoms with Gasteiger partial charge in [0.25, 0.3) is 5.91 Å². The van der Waals surface area contributed by atoms with Gasteiger partial charge in [-0.3, -0.25) is 28.8 Å². The maximum atomic E-state index is 14.4. The topological polar surface area (TPSA) is 168 Å². The first-order chi connectivity index (χ1) is 31.1. The van der Waals surface area contributed by atoms with Crippen LogP contribution in [0.5, 0.6) is 5.75 Å². The molecule has 2 aliphatic heterocycles. The van der Waals surface area contributed by atoms with Crippen molar-refractivity contribution in [3.8, 4) is 5.75 Å². The summed E-state index contributed by atoms with van der Waals surface area (Å²) in [7, 11) is 6.55. The third-order valence-corrected chi connectivity index (χ3v) is 13.2. The molecule has 2 saturated heterocycles. The van der Waals surface area contributed by atoms with Crippen molar-refractivity contribution >= 4 is 29.5 Å². The summed E-state index contributed by atoms with van der Waals surface area (Å²) in [6.07, 6.45) is 2.59. The molecule has 0 spiro atoms. The zero-order valence-corrected chi connectivity index (χ0v) is 40.8. The lowest BCUT2D eigenvalue weighted by atomic mass is 9.89. The van der Waals surface area contributed by atoms with Crippen LogP contribution >= 0.6 is 0 Å². The molecule has 2 aliphatic rings. The first-order valence-corrected chi connectivity index (χ1v) is 23.7. The highest BCUT2D eigenvalue weighted by Gasteiger charge is 2.43. The van der Waals surface area contributed by atoms with Gasteiger partial charge < -0.3 is 40.0 Å². The average Bonchev–Trinajstić information content (AvgIpc) is 3.80. The van der Waals surface area contributed by atoms with Crippen LogP contribution in [0.4, 0.5) is 0 Å². The molecule has 5 amide bonds. The molecular weight excluding hydrogens is 829 g/mol. The number of hydrogen-bond donors (Lipinski definition) is 3. The van der Waals surface area contributed by atoms with Crippen LogP contribution in [0, 0.1) is 23.7 Å². The Labute approximate surface area is 387 Å². The van der Waals surface area contributed by atoms with Gasteiger partial charge in [-0.25, -0.2) is 5.06 Å². The summed E-state index contributed by atoms with van der Waals surface area (Å²) >= 11 is 0. The summed E-state index contributed by atoms with van der Waals surface area (Å²) in [5, 5.41) is 10.4. The summed E-state index contributed by atoms with van der Waals surface area (Å²) in [5.41, 5.74) is 1.89. The number of hydrogen-bond acceptors (Lipinski definition) is 10. The summed E-state index contributed by atoms with van der Waals surface area (Å²) in [4.78, 5) is 79.4. The lowest BCUT2D eigenvalue weighted by molar-refractivity contribution is -0.199. The zero-order chi connectivity index (χ0) is 47.8. The molecule has 2 fully saturated rings. The van der Waals surface area contributed by atoms with Crippen LogP contribution in [0.15, 0.2) is 54.6 Å². The van der Waals surface area contributed by atoms with E-state index >= 15 is 0 Å². The zero-order valence-electron chi connectivity index (χ0n) is 40.8. The SMILES string of the molecule is CC[C@H](C)[C@@H]([C@@H](CC(=O)N1CCC[C@H]1[C@H](OC)[C@@H](C)C(=O)N[C@@H](Cc1ccc(OCc2ccccc2)cc1)C(=O)N1CCCCO1)OC)N(C)C(=O)[C@@H](NC(=O)[C@@H](NC)C(C)C)C(C)C.